The normalized spacial score (nSPS) is 20.1. The van der Waals surface area contributed by atoms with Crippen molar-refractivity contribution in [3.63, 3.8) is 0 Å². The van der Waals surface area contributed by atoms with Crippen molar-refractivity contribution in [1.82, 2.24) is 0 Å². The zero-order valence-corrected chi connectivity index (χ0v) is 28.1. The lowest BCUT2D eigenvalue weighted by molar-refractivity contribution is -0.279. The second-order valence-corrected chi connectivity index (χ2v) is 12.9. The molecule has 0 spiro atoms. The fraction of sp³-hybridized carbons (Fsp3) is 0.194. The Hall–Kier alpha value is -4.94. The molecular weight excluding hydrogens is 713 g/mol. The highest BCUT2D eigenvalue weighted by Crippen LogP contribution is 2.35. The zero-order valence-electron chi connectivity index (χ0n) is 25.9. The molecule has 5 atom stereocenters. The summed E-state index contributed by atoms with van der Waals surface area (Å²) in [5.74, 6) is -4.41. The predicted octanol–water partition coefficient (Wildman–Crippen LogP) is 6.61. The molecule has 2 unspecified atom stereocenters. The highest BCUT2D eigenvalue weighted by molar-refractivity contribution is 6.76. The van der Waals surface area contributed by atoms with E-state index in [1.807, 2.05) is 0 Å². The molecule has 258 valence electrons. The molecule has 1 heterocycles. The van der Waals surface area contributed by atoms with E-state index in [0.717, 1.165) is 0 Å². The van der Waals surface area contributed by atoms with Gasteiger partial charge in [-0.05, 0) is 48.5 Å². The molecule has 50 heavy (non-hydrogen) atoms. The molecule has 1 aliphatic rings. The summed E-state index contributed by atoms with van der Waals surface area (Å²) >= 11 is 17.8. The molecule has 1 aliphatic heterocycles. The monoisotopic (exact) mass is 739 g/mol. The maximum absolute atomic E-state index is 13.6. The average molecular weight is 741 g/mol. The topological polar surface area (TPSA) is 148 Å². The SMILES string of the molecule is N=C(O[C@@H]1OC(COC(=O)c2ccccc2)[C@H](OC(=O)c2ccccc2)[C@@H](OC(=O)c2ccccc2)C1OC(=O)c1ccccc1)C(Cl)(Cl)Cl. The van der Waals surface area contributed by atoms with Crippen molar-refractivity contribution in [3.05, 3.63) is 144 Å². The molecule has 1 saturated heterocycles. The quantitative estimate of drug-likeness (QED) is 0.0620. The average Bonchev–Trinajstić information content (AvgIpc) is 3.13. The summed E-state index contributed by atoms with van der Waals surface area (Å²) in [5.41, 5.74) is 0.509. The fourth-order valence-electron chi connectivity index (χ4n) is 4.81. The standard InChI is InChI=1S/C36H28Cl3NO10/c37-36(38,39)35(40)50-34-29(49-33(44)25-19-11-4-12-20-25)28(48-32(43)24-17-9-3-10-18-24)27(47-31(42)23-15-7-2-8-16-23)26(46-34)21-45-30(41)22-13-5-1-6-14-22/h1-20,26-29,34,40H,21H2/t26?,27-,28+,29?,34-/m0/s1. The third-order valence-electron chi connectivity index (χ3n) is 7.23. The van der Waals surface area contributed by atoms with Crippen molar-refractivity contribution < 1.29 is 47.6 Å². The van der Waals surface area contributed by atoms with Crippen molar-refractivity contribution in [2.24, 2.45) is 0 Å². The van der Waals surface area contributed by atoms with E-state index in [9.17, 15) is 19.2 Å². The Morgan fingerprint density at radius 1 is 0.540 bits per heavy atom. The van der Waals surface area contributed by atoms with Crippen LogP contribution in [0.15, 0.2) is 121 Å². The number of ether oxygens (including phenoxy) is 6. The number of alkyl halides is 3. The lowest BCUT2D eigenvalue weighted by atomic mass is 9.97. The van der Waals surface area contributed by atoms with Gasteiger partial charge in [-0.1, -0.05) is 108 Å². The van der Waals surface area contributed by atoms with E-state index in [1.165, 1.54) is 48.5 Å². The minimum absolute atomic E-state index is 0.0904. The molecule has 0 radical (unpaired) electrons. The van der Waals surface area contributed by atoms with Crippen LogP contribution in [0.2, 0.25) is 0 Å². The van der Waals surface area contributed by atoms with E-state index in [-0.39, 0.29) is 22.3 Å². The van der Waals surface area contributed by atoms with Gasteiger partial charge in [0.25, 0.3) is 3.79 Å². The van der Waals surface area contributed by atoms with Gasteiger partial charge in [-0.25, -0.2) is 19.2 Å². The van der Waals surface area contributed by atoms with Crippen LogP contribution in [0.3, 0.4) is 0 Å². The van der Waals surface area contributed by atoms with Gasteiger partial charge in [0.05, 0.1) is 22.3 Å². The van der Waals surface area contributed by atoms with Gasteiger partial charge in [0.2, 0.25) is 18.3 Å². The molecule has 0 bridgehead atoms. The molecular formula is C36H28Cl3NO10. The molecule has 0 saturated carbocycles. The van der Waals surface area contributed by atoms with Crippen LogP contribution in [0, 0.1) is 5.41 Å². The van der Waals surface area contributed by atoms with Crippen LogP contribution in [-0.4, -0.2) is 70.9 Å². The van der Waals surface area contributed by atoms with E-state index >= 15 is 0 Å². The number of hydrogen-bond acceptors (Lipinski definition) is 11. The first kappa shape index (κ1) is 36.3. The predicted molar refractivity (Wildman–Crippen MR) is 181 cm³/mol. The largest absolute Gasteiger partial charge is 0.459 e. The summed E-state index contributed by atoms with van der Waals surface area (Å²) in [6, 6.07) is 31.5. The Morgan fingerprint density at radius 2 is 0.900 bits per heavy atom. The van der Waals surface area contributed by atoms with Gasteiger partial charge in [-0.15, -0.1) is 0 Å². The third kappa shape index (κ3) is 9.39. The van der Waals surface area contributed by atoms with Crippen molar-refractivity contribution in [1.29, 1.82) is 5.41 Å². The Labute approximate surface area is 301 Å². The van der Waals surface area contributed by atoms with Gasteiger partial charge >= 0.3 is 23.9 Å². The van der Waals surface area contributed by atoms with Crippen LogP contribution in [0.1, 0.15) is 41.4 Å². The van der Waals surface area contributed by atoms with E-state index < -0.39 is 70.9 Å². The fourth-order valence-corrected chi connectivity index (χ4v) is 4.94. The van der Waals surface area contributed by atoms with E-state index in [4.69, 9.17) is 68.6 Å². The first-order valence-electron chi connectivity index (χ1n) is 15.0. The molecule has 1 fully saturated rings. The van der Waals surface area contributed by atoms with E-state index in [2.05, 4.69) is 0 Å². The number of carbonyl (C=O) groups excluding carboxylic acids is 4. The molecule has 14 heteroatoms. The number of halogens is 3. The van der Waals surface area contributed by atoms with E-state index in [0.29, 0.717) is 0 Å². The summed E-state index contributed by atoms with van der Waals surface area (Å²) in [6.07, 6.45) is -8.34. The molecule has 4 aromatic carbocycles. The molecule has 0 aliphatic carbocycles. The van der Waals surface area contributed by atoms with Crippen molar-refractivity contribution in [2.75, 3.05) is 6.61 Å². The first-order valence-corrected chi connectivity index (χ1v) is 16.1. The molecule has 0 aromatic heterocycles. The van der Waals surface area contributed by atoms with E-state index in [1.54, 1.807) is 72.8 Å². The van der Waals surface area contributed by atoms with Gasteiger partial charge in [-0.2, -0.15) is 0 Å². The van der Waals surface area contributed by atoms with Crippen LogP contribution in [-0.2, 0) is 28.4 Å². The second kappa shape index (κ2) is 16.6. The van der Waals surface area contributed by atoms with Crippen molar-refractivity contribution in [3.8, 4) is 0 Å². The van der Waals surface area contributed by atoms with Crippen LogP contribution in [0.25, 0.3) is 0 Å². The lowest BCUT2D eigenvalue weighted by Gasteiger charge is -2.44. The molecule has 4 aromatic rings. The van der Waals surface area contributed by atoms with Gasteiger partial charge in [0.1, 0.15) is 12.7 Å². The number of benzene rings is 4. The lowest BCUT2D eigenvalue weighted by Crippen LogP contribution is -2.63. The third-order valence-corrected chi connectivity index (χ3v) is 7.74. The van der Waals surface area contributed by atoms with Crippen molar-refractivity contribution in [2.45, 2.75) is 34.5 Å². The number of hydrogen-bond donors (Lipinski definition) is 1. The smallest absolute Gasteiger partial charge is 0.338 e. The Kier molecular flexibility index (Phi) is 12.1. The Bertz CT molecular complexity index is 1790. The second-order valence-electron chi connectivity index (χ2n) is 10.7. The molecule has 1 N–H and O–H groups in total. The summed E-state index contributed by atoms with van der Waals surface area (Å²) < 4.78 is 32.5. The summed E-state index contributed by atoms with van der Waals surface area (Å²) in [7, 11) is 0. The maximum atomic E-state index is 13.6. The Balaban J connectivity index is 1.58. The van der Waals surface area contributed by atoms with Gasteiger partial charge in [-0.3, -0.25) is 5.41 Å². The Morgan fingerprint density at radius 3 is 1.30 bits per heavy atom. The molecule has 5 rings (SSSR count). The molecule has 11 nitrogen and oxygen atoms in total. The number of rotatable bonds is 10. The number of nitrogens with one attached hydrogen (secondary N) is 1. The first-order chi connectivity index (χ1) is 24.0. The maximum Gasteiger partial charge on any atom is 0.338 e. The van der Waals surface area contributed by atoms with Crippen molar-refractivity contribution >= 4 is 64.6 Å². The highest BCUT2D eigenvalue weighted by atomic mass is 35.6. The molecule has 0 amide bonds. The summed E-state index contributed by atoms with van der Waals surface area (Å²) in [4.78, 5) is 53.5. The minimum Gasteiger partial charge on any atom is -0.459 e. The van der Waals surface area contributed by atoms with Gasteiger partial charge in [0, 0.05) is 0 Å². The van der Waals surface area contributed by atoms with Crippen LogP contribution >= 0.6 is 34.8 Å². The van der Waals surface area contributed by atoms with Crippen LogP contribution < -0.4 is 0 Å². The number of carbonyl (C=O) groups is 4. The minimum atomic E-state index is -2.40. The summed E-state index contributed by atoms with van der Waals surface area (Å²) in [5, 5.41) is 8.26. The van der Waals surface area contributed by atoms with Gasteiger partial charge < -0.3 is 28.4 Å². The highest BCUT2D eigenvalue weighted by Gasteiger charge is 2.55. The van der Waals surface area contributed by atoms with Crippen LogP contribution in [0.5, 0.6) is 0 Å². The van der Waals surface area contributed by atoms with Crippen LogP contribution in [0.4, 0.5) is 0 Å². The number of esters is 4. The zero-order chi connectivity index (χ0) is 35.7. The van der Waals surface area contributed by atoms with Gasteiger partial charge in [0.15, 0.2) is 12.2 Å². The summed E-state index contributed by atoms with van der Waals surface area (Å²) in [6.45, 7) is -0.597.